The SMILES string of the molecule is COC(CNC(=O)c1c[nH]c2ccc(S(=O)(=O)N3C[C@H](C)C[C@@H](C)C3)cc2c1=O)OC. The van der Waals surface area contributed by atoms with Crippen LogP contribution in [0.15, 0.2) is 34.1 Å². The molecule has 3 rings (SSSR count). The molecule has 9 nitrogen and oxygen atoms in total. The number of H-pyrrole nitrogens is 1. The Balaban J connectivity index is 1.93. The van der Waals surface area contributed by atoms with Gasteiger partial charge in [0.15, 0.2) is 6.29 Å². The van der Waals surface area contributed by atoms with Gasteiger partial charge in [0.25, 0.3) is 5.91 Å². The predicted octanol–water partition coefficient (Wildman–Crippen LogP) is 1.54. The van der Waals surface area contributed by atoms with Gasteiger partial charge in [0.2, 0.25) is 15.5 Å². The van der Waals surface area contributed by atoms with Gasteiger partial charge in [0.05, 0.1) is 11.4 Å². The van der Waals surface area contributed by atoms with Crippen LogP contribution >= 0.6 is 0 Å². The van der Waals surface area contributed by atoms with Crippen molar-refractivity contribution in [1.29, 1.82) is 0 Å². The second-order valence-electron chi connectivity index (χ2n) is 8.12. The molecule has 0 aliphatic carbocycles. The molecular weight excluding hydrogens is 422 g/mol. The Morgan fingerprint density at radius 3 is 2.48 bits per heavy atom. The normalized spacial score (nSPS) is 20.3. The molecule has 0 spiro atoms. The number of rotatable bonds is 7. The minimum absolute atomic E-state index is 0.0446. The summed E-state index contributed by atoms with van der Waals surface area (Å²) in [4.78, 5) is 28.4. The number of carbonyl (C=O) groups excluding carboxylic acids is 1. The number of hydrogen-bond acceptors (Lipinski definition) is 6. The summed E-state index contributed by atoms with van der Waals surface area (Å²) in [5.74, 6) is -0.0735. The minimum atomic E-state index is -3.75. The third-order valence-corrected chi connectivity index (χ3v) is 7.35. The maximum Gasteiger partial charge on any atom is 0.256 e. The average molecular weight is 452 g/mol. The summed E-state index contributed by atoms with van der Waals surface area (Å²) in [6.07, 6.45) is 1.65. The van der Waals surface area contributed by atoms with Crippen LogP contribution in [0.2, 0.25) is 0 Å². The number of carbonyl (C=O) groups is 1. The Morgan fingerprint density at radius 1 is 1.23 bits per heavy atom. The van der Waals surface area contributed by atoms with Crippen LogP contribution in [0.4, 0.5) is 0 Å². The van der Waals surface area contributed by atoms with Gasteiger partial charge in [-0.15, -0.1) is 0 Å². The van der Waals surface area contributed by atoms with E-state index in [9.17, 15) is 18.0 Å². The molecule has 10 heteroatoms. The van der Waals surface area contributed by atoms with Gasteiger partial charge >= 0.3 is 0 Å². The molecule has 170 valence electrons. The first kappa shape index (κ1) is 23.4. The molecule has 0 saturated carbocycles. The molecule has 1 aliphatic heterocycles. The fourth-order valence-electron chi connectivity index (χ4n) is 4.01. The molecule has 1 aromatic carbocycles. The van der Waals surface area contributed by atoms with Crippen molar-refractivity contribution >= 4 is 26.8 Å². The number of nitrogens with zero attached hydrogens (tertiary/aromatic N) is 1. The van der Waals surface area contributed by atoms with Gasteiger partial charge in [-0.05, 0) is 36.5 Å². The van der Waals surface area contributed by atoms with Gasteiger partial charge in [0, 0.05) is 44.4 Å². The molecule has 2 heterocycles. The Bertz CT molecular complexity index is 1100. The molecule has 2 N–H and O–H groups in total. The van der Waals surface area contributed by atoms with Crippen LogP contribution in [0.25, 0.3) is 10.9 Å². The third kappa shape index (κ3) is 4.98. The second kappa shape index (κ2) is 9.47. The number of sulfonamides is 1. The largest absolute Gasteiger partial charge is 0.360 e. The van der Waals surface area contributed by atoms with Crippen LogP contribution in [0.3, 0.4) is 0 Å². The fraction of sp³-hybridized carbons (Fsp3) is 0.524. The van der Waals surface area contributed by atoms with E-state index in [2.05, 4.69) is 10.3 Å². The van der Waals surface area contributed by atoms with E-state index in [1.54, 1.807) is 6.07 Å². The number of fused-ring (bicyclic) bond motifs is 1. The molecule has 1 saturated heterocycles. The van der Waals surface area contributed by atoms with Gasteiger partial charge in [-0.25, -0.2) is 8.42 Å². The van der Waals surface area contributed by atoms with E-state index in [1.807, 2.05) is 13.8 Å². The molecule has 1 aliphatic rings. The Kier molecular flexibility index (Phi) is 7.15. The lowest BCUT2D eigenvalue weighted by molar-refractivity contribution is -0.0974. The van der Waals surface area contributed by atoms with Crippen molar-refractivity contribution in [2.24, 2.45) is 11.8 Å². The first-order chi connectivity index (χ1) is 14.7. The van der Waals surface area contributed by atoms with E-state index in [-0.39, 0.29) is 34.2 Å². The van der Waals surface area contributed by atoms with Gasteiger partial charge in [-0.3, -0.25) is 9.59 Å². The predicted molar refractivity (Wildman–Crippen MR) is 116 cm³/mol. The Hall–Kier alpha value is -2.27. The summed E-state index contributed by atoms with van der Waals surface area (Å²) in [5, 5.41) is 2.72. The third-order valence-electron chi connectivity index (χ3n) is 5.53. The zero-order chi connectivity index (χ0) is 22.8. The first-order valence-electron chi connectivity index (χ1n) is 10.2. The van der Waals surface area contributed by atoms with Gasteiger partial charge in [0.1, 0.15) is 5.56 Å². The quantitative estimate of drug-likeness (QED) is 0.617. The summed E-state index contributed by atoms with van der Waals surface area (Å²) >= 11 is 0. The highest BCUT2D eigenvalue weighted by Gasteiger charge is 2.32. The van der Waals surface area contributed by atoms with Crippen LogP contribution < -0.4 is 10.7 Å². The highest BCUT2D eigenvalue weighted by atomic mass is 32.2. The van der Waals surface area contributed by atoms with Crippen molar-refractivity contribution in [3.63, 3.8) is 0 Å². The van der Waals surface area contributed by atoms with Crippen molar-refractivity contribution in [2.45, 2.75) is 31.5 Å². The summed E-state index contributed by atoms with van der Waals surface area (Å²) in [6, 6.07) is 4.38. The summed E-state index contributed by atoms with van der Waals surface area (Å²) in [6.45, 7) is 5.02. The van der Waals surface area contributed by atoms with Crippen molar-refractivity contribution < 1.29 is 22.7 Å². The van der Waals surface area contributed by atoms with Crippen molar-refractivity contribution in [3.05, 3.63) is 40.2 Å². The van der Waals surface area contributed by atoms with E-state index >= 15 is 0 Å². The van der Waals surface area contributed by atoms with Crippen molar-refractivity contribution in [3.8, 4) is 0 Å². The lowest BCUT2D eigenvalue weighted by Crippen LogP contribution is -2.42. The van der Waals surface area contributed by atoms with E-state index in [0.717, 1.165) is 6.42 Å². The summed E-state index contributed by atoms with van der Waals surface area (Å²) < 4.78 is 37.9. The standard InChI is InChI=1S/C21H29N3O6S/c1-13-7-14(2)12-24(11-13)31(27,28)15-5-6-18-16(8-15)20(25)17(9-22-18)21(26)23-10-19(29-3)30-4/h5-6,8-9,13-14,19H,7,10-12H2,1-4H3,(H,22,25)(H,23,26)/t13-,14-/m1/s1. The minimum Gasteiger partial charge on any atom is -0.360 e. The zero-order valence-corrected chi connectivity index (χ0v) is 19.0. The number of aromatic amines is 1. The van der Waals surface area contributed by atoms with Gasteiger partial charge < -0.3 is 19.8 Å². The second-order valence-corrected chi connectivity index (χ2v) is 10.1. The molecule has 31 heavy (non-hydrogen) atoms. The van der Waals surface area contributed by atoms with E-state index < -0.39 is 27.6 Å². The Morgan fingerprint density at radius 2 is 1.87 bits per heavy atom. The van der Waals surface area contributed by atoms with Crippen LogP contribution in [0.1, 0.15) is 30.6 Å². The van der Waals surface area contributed by atoms with Gasteiger partial charge in [-0.1, -0.05) is 13.8 Å². The monoisotopic (exact) mass is 451 g/mol. The number of benzene rings is 1. The number of pyridine rings is 1. The number of hydrogen-bond donors (Lipinski definition) is 2. The zero-order valence-electron chi connectivity index (χ0n) is 18.2. The maximum absolute atomic E-state index is 13.2. The Labute approximate surface area is 181 Å². The lowest BCUT2D eigenvalue weighted by Gasteiger charge is -2.34. The van der Waals surface area contributed by atoms with E-state index in [0.29, 0.717) is 18.6 Å². The van der Waals surface area contributed by atoms with Gasteiger partial charge in [-0.2, -0.15) is 4.31 Å². The molecule has 1 amide bonds. The smallest absolute Gasteiger partial charge is 0.256 e. The lowest BCUT2D eigenvalue weighted by atomic mass is 9.94. The van der Waals surface area contributed by atoms with Crippen LogP contribution in [0.5, 0.6) is 0 Å². The number of piperidine rings is 1. The highest BCUT2D eigenvalue weighted by molar-refractivity contribution is 7.89. The molecular formula is C21H29N3O6S. The maximum atomic E-state index is 13.2. The molecule has 1 aromatic heterocycles. The number of amides is 1. The van der Waals surface area contributed by atoms with Crippen LogP contribution in [-0.4, -0.2) is 63.8 Å². The molecule has 0 unspecified atom stereocenters. The average Bonchev–Trinajstić information content (AvgIpc) is 2.73. The molecule has 0 bridgehead atoms. The van der Waals surface area contributed by atoms with Crippen LogP contribution in [-0.2, 0) is 19.5 Å². The van der Waals surface area contributed by atoms with E-state index in [1.165, 1.54) is 36.9 Å². The number of nitrogens with one attached hydrogen (secondary N) is 2. The summed E-state index contributed by atoms with van der Waals surface area (Å²) in [7, 11) is -0.872. The van der Waals surface area contributed by atoms with E-state index in [4.69, 9.17) is 9.47 Å². The molecule has 1 fully saturated rings. The summed E-state index contributed by atoms with van der Waals surface area (Å²) in [5.41, 5.74) is -0.212. The van der Waals surface area contributed by atoms with Crippen molar-refractivity contribution in [1.82, 2.24) is 14.6 Å². The highest BCUT2D eigenvalue weighted by Crippen LogP contribution is 2.27. The number of methoxy groups -OCH3 is 2. The van der Waals surface area contributed by atoms with Crippen LogP contribution in [0, 0.1) is 11.8 Å². The number of aromatic nitrogens is 1. The molecule has 2 aromatic rings. The fourth-order valence-corrected chi connectivity index (χ4v) is 5.72. The molecule has 0 radical (unpaired) electrons. The van der Waals surface area contributed by atoms with Crippen molar-refractivity contribution in [2.75, 3.05) is 33.9 Å². The first-order valence-corrected chi connectivity index (χ1v) is 11.6. The molecule has 2 atom stereocenters. The topological polar surface area (TPSA) is 118 Å². The number of ether oxygens (including phenoxy) is 2.